The van der Waals surface area contributed by atoms with E-state index >= 15 is 0 Å². The van der Waals surface area contributed by atoms with Gasteiger partial charge in [-0.25, -0.2) is 4.98 Å². The molecule has 0 bridgehead atoms. The fraction of sp³-hybridized carbons (Fsp3) is 0.462. The Morgan fingerprint density at radius 1 is 1.53 bits per heavy atom. The number of hydrogen-bond donors (Lipinski definition) is 1. The molecule has 0 saturated carbocycles. The molecule has 0 aliphatic carbocycles. The van der Waals surface area contributed by atoms with E-state index in [9.17, 15) is 0 Å². The molecule has 1 aliphatic heterocycles. The molecular weight excluding hydrogens is 214 g/mol. The average molecular weight is 231 g/mol. The first-order valence-electron chi connectivity index (χ1n) is 6.07. The van der Waals surface area contributed by atoms with Crippen molar-refractivity contribution < 1.29 is 4.74 Å². The summed E-state index contributed by atoms with van der Waals surface area (Å²) in [4.78, 5) is 4.43. The van der Waals surface area contributed by atoms with Gasteiger partial charge in [0, 0.05) is 6.54 Å². The number of benzene rings is 1. The zero-order valence-corrected chi connectivity index (χ0v) is 10.0. The van der Waals surface area contributed by atoms with Gasteiger partial charge in [-0.05, 0) is 37.6 Å². The number of methoxy groups -OCH3 is 1. The molecule has 1 saturated heterocycles. The Kier molecular flexibility index (Phi) is 2.73. The highest BCUT2D eigenvalue weighted by Gasteiger charge is 2.17. The van der Waals surface area contributed by atoms with Crippen molar-refractivity contribution in [3.05, 3.63) is 24.5 Å². The Morgan fingerprint density at radius 3 is 3.24 bits per heavy atom. The zero-order valence-electron chi connectivity index (χ0n) is 10.0. The quantitative estimate of drug-likeness (QED) is 0.873. The Balaban J connectivity index is 1.98. The van der Waals surface area contributed by atoms with Crippen molar-refractivity contribution >= 4 is 11.0 Å². The van der Waals surface area contributed by atoms with Crippen LogP contribution in [0, 0.1) is 5.92 Å². The largest absolute Gasteiger partial charge is 0.494 e. The molecule has 1 aliphatic rings. The predicted octanol–water partition coefficient (Wildman–Crippen LogP) is 1.65. The first-order valence-corrected chi connectivity index (χ1v) is 6.07. The van der Waals surface area contributed by atoms with E-state index in [1.165, 1.54) is 6.42 Å². The summed E-state index contributed by atoms with van der Waals surface area (Å²) in [6.45, 7) is 3.26. The van der Waals surface area contributed by atoms with E-state index in [4.69, 9.17) is 4.74 Å². The molecule has 2 heterocycles. The van der Waals surface area contributed by atoms with Crippen LogP contribution >= 0.6 is 0 Å². The molecule has 1 atom stereocenters. The maximum atomic E-state index is 5.41. The van der Waals surface area contributed by atoms with Crippen molar-refractivity contribution in [2.24, 2.45) is 5.92 Å². The number of aromatic nitrogens is 2. The van der Waals surface area contributed by atoms with Crippen LogP contribution in [0.1, 0.15) is 6.42 Å². The Labute approximate surface area is 101 Å². The highest BCUT2D eigenvalue weighted by atomic mass is 16.5. The lowest BCUT2D eigenvalue weighted by atomic mass is 10.1. The normalized spacial score (nSPS) is 19.9. The molecule has 90 valence electrons. The van der Waals surface area contributed by atoms with Crippen LogP contribution in [-0.2, 0) is 6.54 Å². The van der Waals surface area contributed by atoms with Crippen LogP contribution in [0.2, 0.25) is 0 Å². The summed E-state index contributed by atoms with van der Waals surface area (Å²) in [5, 5.41) is 3.40. The van der Waals surface area contributed by atoms with Gasteiger partial charge in [0.1, 0.15) is 11.3 Å². The van der Waals surface area contributed by atoms with Crippen LogP contribution in [0.4, 0.5) is 0 Å². The Morgan fingerprint density at radius 2 is 2.47 bits per heavy atom. The van der Waals surface area contributed by atoms with Crippen molar-refractivity contribution in [3.63, 3.8) is 0 Å². The van der Waals surface area contributed by atoms with Crippen molar-refractivity contribution in [3.8, 4) is 5.75 Å². The number of nitrogens with zero attached hydrogens (tertiary/aromatic N) is 2. The van der Waals surface area contributed by atoms with E-state index in [0.29, 0.717) is 5.92 Å². The van der Waals surface area contributed by atoms with Gasteiger partial charge in [0.25, 0.3) is 0 Å². The number of hydrogen-bond acceptors (Lipinski definition) is 3. The van der Waals surface area contributed by atoms with E-state index < -0.39 is 0 Å². The standard InChI is InChI=1S/C13H17N3O/c1-17-12-4-2-3-11-13(12)16(9-15-11)8-10-5-6-14-7-10/h2-4,9-10,14H,5-8H2,1H3. The van der Waals surface area contributed by atoms with E-state index in [1.807, 2.05) is 24.5 Å². The summed E-state index contributed by atoms with van der Waals surface area (Å²) in [6.07, 6.45) is 3.17. The van der Waals surface area contributed by atoms with Gasteiger partial charge in [-0.15, -0.1) is 0 Å². The zero-order chi connectivity index (χ0) is 11.7. The van der Waals surface area contributed by atoms with Crippen molar-refractivity contribution in [2.45, 2.75) is 13.0 Å². The van der Waals surface area contributed by atoms with Crippen LogP contribution in [0.3, 0.4) is 0 Å². The minimum atomic E-state index is 0.706. The smallest absolute Gasteiger partial charge is 0.144 e. The summed E-state index contributed by atoms with van der Waals surface area (Å²) in [5.74, 6) is 1.61. The molecule has 2 aromatic rings. The lowest BCUT2D eigenvalue weighted by Crippen LogP contribution is -2.14. The third kappa shape index (κ3) is 1.89. The van der Waals surface area contributed by atoms with Gasteiger partial charge >= 0.3 is 0 Å². The van der Waals surface area contributed by atoms with Gasteiger partial charge in [-0.1, -0.05) is 6.07 Å². The SMILES string of the molecule is COc1cccc2ncn(CC3CCNC3)c12. The number of imidazole rings is 1. The summed E-state index contributed by atoms with van der Waals surface area (Å²) in [7, 11) is 1.71. The maximum absolute atomic E-state index is 5.41. The fourth-order valence-electron chi connectivity index (χ4n) is 2.54. The molecule has 1 aromatic heterocycles. The Hall–Kier alpha value is -1.55. The molecule has 4 nitrogen and oxygen atoms in total. The Bertz CT molecular complexity index is 514. The minimum Gasteiger partial charge on any atom is -0.494 e. The monoisotopic (exact) mass is 231 g/mol. The lowest BCUT2D eigenvalue weighted by Gasteiger charge is -2.11. The van der Waals surface area contributed by atoms with Gasteiger partial charge in [0.2, 0.25) is 0 Å². The minimum absolute atomic E-state index is 0.706. The third-order valence-corrected chi connectivity index (χ3v) is 3.44. The fourth-order valence-corrected chi connectivity index (χ4v) is 2.54. The van der Waals surface area contributed by atoms with Crippen LogP contribution in [0.5, 0.6) is 5.75 Å². The summed E-state index contributed by atoms with van der Waals surface area (Å²) < 4.78 is 7.63. The van der Waals surface area contributed by atoms with Crippen molar-refractivity contribution in [1.29, 1.82) is 0 Å². The number of para-hydroxylation sites is 1. The van der Waals surface area contributed by atoms with Gasteiger partial charge in [0.15, 0.2) is 0 Å². The van der Waals surface area contributed by atoms with Crippen molar-refractivity contribution in [1.82, 2.24) is 14.9 Å². The lowest BCUT2D eigenvalue weighted by molar-refractivity contribution is 0.414. The molecule has 17 heavy (non-hydrogen) atoms. The number of rotatable bonds is 3. The van der Waals surface area contributed by atoms with Gasteiger partial charge in [-0.3, -0.25) is 0 Å². The first-order chi connectivity index (χ1) is 8.38. The molecular formula is C13H17N3O. The molecule has 1 N–H and O–H groups in total. The molecule has 3 rings (SSSR count). The number of ether oxygens (including phenoxy) is 1. The van der Waals surface area contributed by atoms with Crippen LogP contribution in [0.25, 0.3) is 11.0 Å². The second kappa shape index (κ2) is 4.37. The molecule has 1 unspecified atom stereocenters. The van der Waals surface area contributed by atoms with Crippen LogP contribution in [-0.4, -0.2) is 29.8 Å². The highest BCUT2D eigenvalue weighted by Crippen LogP contribution is 2.25. The average Bonchev–Trinajstić information content (AvgIpc) is 2.99. The van der Waals surface area contributed by atoms with E-state index in [2.05, 4.69) is 14.9 Å². The van der Waals surface area contributed by atoms with Crippen LogP contribution in [0.15, 0.2) is 24.5 Å². The molecule has 0 radical (unpaired) electrons. The van der Waals surface area contributed by atoms with Gasteiger partial charge in [-0.2, -0.15) is 0 Å². The molecule has 1 fully saturated rings. The summed E-state index contributed by atoms with van der Waals surface area (Å²) >= 11 is 0. The van der Waals surface area contributed by atoms with Gasteiger partial charge < -0.3 is 14.6 Å². The summed E-state index contributed by atoms with van der Waals surface area (Å²) in [5.41, 5.74) is 2.12. The predicted molar refractivity (Wildman–Crippen MR) is 67.3 cm³/mol. The van der Waals surface area contributed by atoms with E-state index in [0.717, 1.165) is 36.4 Å². The number of nitrogens with one attached hydrogen (secondary N) is 1. The molecule has 4 heteroatoms. The molecule has 1 aromatic carbocycles. The second-order valence-corrected chi connectivity index (χ2v) is 4.58. The second-order valence-electron chi connectivity index (χ2n) is 4.58. The topological polar surface area (TPSA) is 39.1 Å². The first kappa shape index (κ1) is 10.6. The van der Waals surface area contributed by atoms with Crippen LogP contribution < -0.4 is 10.1 Å². The van der Waals surface area contributed by atoms with Gasteiger partial charge in [0.05, 0.1) is 19.0 Å². The maximum Gasteiger partial charge on any atom is 0.144 e. The molecule has 0 spiro atoms. The highest BCUT2D eigenvalue weighted by molar-refractivity contribution is 5.82. The molecule has 0 amide bonds. The summed E-state index contributed by atoms with van der Waals surface area (Å²) in [6, 6.07) is 6.00. The third-order valence-electron chi connectivity index (χ3n) is 3.44. The van der Waals surface area contributed by atoms with E-state index in [-0.39, 0.29) is 0 Å². The van der Waals surface area contributed by atoms with Crippen molar-refractivity contribution in [2.75, 3.05) is 20.2 Å². The van der Waals surface area contributed by atoms with E-state index in [1.54, 1.807) is 7.11 Å². The number of fused-ring (bicyclic) bond motifs is 1.